The van der Waals surface area contributed by atoms with Gasteiger partial charge in [0.05, 0.1) is 13.2 Å². The number of benzene rings is 6. The van der Waals surface area contributed by atoms with Crippen molar-refractivity contribution in [3.63, 3.8) is 0 Å². The molecule has 0 saturated carbocycles. The third-order valence-corrected chi connectivity index (χ3v) is 7.66. The van der Waals surface area contributed by atoms with Gasteiger partial charge in [-0.05, 0) is 90.0 Å². The van der Waals surface area contributed by atoms with Crippen molar-refractivity contribution in [2.45, 2.75) is 0 Å². The largest absolute Gasteiger partial charge is 0.491 e. The Hall–Kier alpha value is -4.64. The first-order valence-corrected chi connectivity index (χ1v) is 13.6. The molecule has 4 nitrogen and oxygen atoms in total. The Kier molecular flexibility index (Phi) is 6.20. The van der Waals surface area contributed by atoms with Crippen molar-refractivity contribution in [3.8, 4) is 11.5 Å². The summed E-state index contributed by atoms with van der Waals surface area (Å²) in [7, 11) is 0. The lowest BCUT2D eigenvalue weighted by molar-refractivity contribution is 0.201. The first kappa shape index (κ1) is 24.4. The molecule has 0 unspecified atom stereocenters. The van der Waals surface area contributed by atoms with E-state index in [2.05, 4.69) is 84.9 Å². The molecule has 1 aliphatic rings. The van der Waals surface area contributed by atoms with Crippen LogP contribution in [0.25, 0.3) is 43.5 Å². The number of aliphatic hydroxyl groups excluding tert-OH is 2. The molecule has 0 aliphatic heterocycles. The Balaban J connectivity index is 1.51. The summed E-state index contributed by atoms with van der Waals surface area (Å²) in [4.78, 5) is 0. The van der Waals surface area contributed by atoms with Gasteiger partial charge in [-0.1, -0.05) is 84.9 Å². The average molecular weight is 525 g/mol. The lowest BCUT2D eigenvalue weighted by Crippen LogP contribution is -2.01. The molecular formula is C36H28O4. The van der Waals surface area contributed by atoms with Crippen LogP contribution in [-0.2, 0) is 0 Å². The third kappa shape index (κ3) is 4.01. The molecule has 0 atom stereocenters. The van der Waals surface area contributed by atoms with Gasteiger partial charge in [-0.15, -0.1) is 0 Å². The predicted molar refractivity (Wildman–Crippen MR) is 162 cm³/mol. The second-order valence-electron chi connectivity index (χ2n) is 9.98. The maximum atomic E-state index is 9.20. The van der Waals surface area contributed by atoms with Gasteiger partial charge in [-0.25, -0.2) is 0 Å². The van der Waals surface area contributed by atoms with Gasteiger partial charge in [-0.3, -0.25) is 0 Å². The summed E-state index contributed by atoms with van der Waals surface area (Å²) < 4.78 is 11.4. The smallest absolute Gasteiger partial charge is 0.120 e. The molecule has 2 N–H and O–H groups in total. The molecule has 0 fully saturated rings. The molecule has 0 spiro atoms. The van der Waals surface area contributed by atoms with Crippen LogP contribution in [0.15, 0.2) is 109 Å². The Morgan fingerprint density at radius 1 is 0.450 bits per heavy atom. The van der Waals surface area contributed by atoms with Crippen LogP contribution in [0, 0.1) is 0 Å². The van der Waals surface area contributed by atoms with Crippen molar-refractivity contribution in [2.24, 2.45) is 0 Å². The number of hydrogen-bond donors (Lipinski definition) is 2. The van der Waals surface area contributed by atoms with Crippen LogP contribution >= 0.6 is 0 Å². The fourth-order valence-electron chi connectivity index (χ4n) is 6.05. The number of fused-ring (bicyclic) bond motifs is 2. The minimum Gasteiger partial charge on any atom is -0.491 e. The normalized spacial score (nSPS) is 12.6. The Bertz CT molecular complexity index is 1800. The first-order chi connectivity index (χ1) is 19.8. The third-order valence-electron chi connectivity index (χ3n) is 7.66. The Morgan fingerprint density at radius 3 is 1.32 bits per heavy atom. The van der Waals surface area contributed by atoms with Crippen molar-refractivity contribution < 1.29 is 19.7 Å². The van der Waals surface area contributed by atoms with E-state index in [0.717, 1.165) is 33.0 Å². The molecule has 4 heteroatoms. The van der Waals surface area contributed by atoms with E-state index in [9.17, 15) is 10.2 Å². The summed E-state index contributed by atoms with van der Waals surface area (Å²) in [5, 5.41) is 25.4. The van der Waals surface area contributed by atoms with Gasteiger partial charge in [0.25, 0.3) is 0 Å². The molecule has 0 heterocycles. The van der Waals surface area contributed by atoms with Crippen LogP contribution in [0.4, 0.5) is 0 Å². The van der Waals surface area contributed by atoms with Gasteiger partial charge in [0.1, 0.15) is 24.7 Å². The second kappa shape index (κ2) is 10.2. The summed E-state index contributed by atoms with van der Waals surface area (Å²) in [6.45, 7) is 0.505. The van der Waals surface area contributed by atoms with Gasteiger partial charge in [0.2, 0.25) is 0 Å². The lowest BCUT2D eigenvalue weighted by Gasteiger charge is -2.16. The predicted octanol–water partition coefficient (Wildman–Crippen LogP) is 7.21. The highest BCUT2D eigenvalue weighted by molar-refractivity contribution is 6.24. The summed E-state index contributed by atoms with van der Waals surface area (Å²) in [6, 6.07) is 38.3. The van der Waals surface area contributed by atoms with E-state index in [4.69, 9.17) is 9.47 Å². The Morgan fingerprint density at radius 2 is 0.875 bits per heavy atom. The van der Waals surface area contributed by atoms with Gasteiger partial charge in [-0.2, -0.15) is 0 Å². The van der Waals surface area contributed by atoms with E-state index in [1.165, 1.54) is 44.2 Å². The molecule has 0 saturated heterocycles. The quantitative estimate of drug-likeness (QED) is 0.221. The summed E-state index contributed by atoms with van der Waals surface area (Å²) in [5.74, 6) is 1.50. The first-order valence-electron chi connectivity index (χ1n) is 13.6. The standard InChI is InChI=1S/C36H28O4/c37-17-19-39-26-13-15-28-24(21-26)7-3-9-30(28)35-32-11-1-5-23-6-2-12-33(34(23)32)36(35)31-10-4-8-25-22-27(40-20-18-38)14-16-29(25)31/h1-16,21-22,37-38H,17-20H2. The van der Waals surface area contributed by atoms with E-state index in [1.807, 2.05) is 24.3 Å². The molecule has 0 bridgehead atoms. The van der Waals surface area contributed by atoms with E-state index in [-0.39, 0.29) is 26.4 Å². The molecule has 6 aromatic rings. The van der Waals surface area contributed by atoms with Crippen LogP contribution in [0.3, 0.4) is 0 Å². The van der Waals surface area contributed by atoms with Crippen LogP contribution in [-0.4, -0.2) is 36.6 Å². The van der Waals surface area contributed by atoms with E-state index in [0.29, 0.717) is 0 Å². The molecule has 7 rings (SSSR count). The fourth-order valence-corrected chi connectivity index (χ4v) is 6.05. The van der Waals surface area contributed by atoms with Crippen LogP contribution in [0.2, 0.25) is 0 Å². The highest BCUT2D eigenvalue weighted by Gasteiger charge is 2.28. The minimum atomic E-state index is -0.0172. The summed E-state index contributed by atoms with van der Waals surface area (Å²) in [6.07, 6.45) is 0. The maximum Gasteiger partial charge on any atom is 0.120 e. The van der Waals surface area contributed by atoms with Gasteiger partial charge < -0.3 is 19.7 Å². The van der Waals surface area contributed by atoms with Crippen molar-refractivity contribution in [1.82, 2.24) is 0 Å². The molecular weight excluding hydrogens is 496 g/mol. The summed E-state index contributed by atoms with van der Waals surface area (Å²) >= 11 is 0. The average Bonchev–Trinajstić information content (AvgIpc) is 3.33. The molecule has 0 aromatic heterocycles. The van der Waals surface area contributed by atoms with Gasteiger partial charge in [0, 0.05) is 0 Å². The zero-order valence-corrected chi connectivity index (χ0v) is 21.9. The second-order valence-corrected chi connectivity index (χ2v) is 9.98. The number of rotatable bonds is 8. The molecule has 1 aliphatic carbocycles. The van der Waals surface area contributed by atoms with Crippen molar-refractivity contribution >= 4 is 43.5 Å². The highest BCUT2D eigenvalue weighted by atomic mass is 16.5. The van der Waals surface area contributed by atoms with E-state index < -0.39 is 0 Å². The van der Waals surface area contributed by atoms with Crippen LogP contribution in [0.5, 0.6) is 11.5 Å². The van der Waals surface area contributed by atoms with Gasteiger partial charge >= 0.3 is 0 Å². The monoisotopic (exact) mass is 524 g/mol. The van der Waals surface area contributed by atoms with E-state index >= 15 is 0 Å². The fraction of sp³-hybridized carbons (Fsp3) is 0.111. The Labute approximate surface area is 232 Å². The zero-order chi connectivity index (χ0) is 27.1. The molecule has 6 aromatic carbocycles. The van der Waals surface area contributed by atoms with Crippen molar-refractivity contribution in [2.75, 3.05) is 26.4 Å². The van der Waals surface area contributed by atoms with Crippen LogP contribution in [0.1, 0.15) is 22.3 Å². The van der Waals surface area contributed by atoms with E-state index in [1.54, 1.807) is 0 Å². The number of aliphatic hydroxyl groups is 2. The maximum absolute atomic E-state index is 9.20. The SMILES string of the molecule is OCCOc1ccc2c(C3=C(c4cccc5cc(OCCO)ccc45)c4cccc5cccc3c45)cccc2c1. The highest BCUT2D eigenvalue weighted by Crippen LogP contribution is 2.50. The zero-order valence-electron chi connectivity index (χ0n) is 21.9. The van der Waals surface area contributed by atoms with Crippen LogP contribution < -0.4 is 9.47 Å². The number of hydrogen-bond acceptors (Lipinski definition) is 4. The molecule has 0 amide bonds. The topological polar surface area (TPSA) is 58.9 Å². The molecule has 0 radical (unpaired) electrons. The molecule has 40 heavy (non-hydrogen) atoms. The molecule has 196 valence electrons. The van der Waals surface area contributed by atoms with Crippen molar-refractivity contribution in [3.05, 3.63) is 131 Å². The number of ether oxygens (including phenoxy) is 2. The van der Waals surface area contributed by atoms with Crippen molar-refractivity contribution in [1.29, 1.82) is 0 Å². The lowest BCUT2D eigenvalue weighted by atomic mass is 9.88. The van der Waals surface area contributed by atoms with Gasteiger partial charge in [0.15, 0.2) is 0 Å². The minimum absolute atomic E-state index is 0.0172. The summed E-state index contributed by atoms with van der Waals surface area (Å²) in [5.41, 5.74) is 7.24.